The molecule has 0 aromatic heterocycles. The minimum absolute atomic E-state index is 0.223. The van der Waals surface area contributed by atoms with E-state index in [0.717, 1.165) is 12.0 Å². The molecule has 3 N–H and O–H groups in total. The van der Waals surface area contributed by atoms with E-state index in [9.17, 15) is 5.11 Å². The summed E-state index contributed by atoms with van der Waals surface area (Å²) in [7, 11) is 0. The molecule has 0 radical (unpaired) electrons. The average Bonchev–Trinajstić information content (AvgIpc) is 2.82. The molecule has 0 bridgehead atoms. The molecule has 0 aliphatic carbocycles. The third-order valence-electron chi connectivity index (χ3n) is 3.24. The first-order chi connectivity index (χ1) is 8.59. The van der Waals surface area contributed by atoms with Gasteiger partial charge in [-0.25, -0.2) is 0 Å². The summed E-state index contributed by atoms with van der Waals surface area (Å²) < 4.78 is 10.7. The number of ether oxygens (including phenoxy) is 2. The first-order valence-corrected chi connectivity index (χ1v) is 6.41. The lowest BCUT2D eigenvalue weighted by Gasteiger charge is -2.21. The van der Waals surface area contributed by atoms with E-state index in [2.05, 4.69) is 13.8 Å². The van der Waals surface area contributed by atoms with Gasteiger partial charge in [0.05, 0.1) is 12.1 Å². The third-order valence-corrected chi connectivity index (χ3v) is 3.24. The molecule has 2 atom stereocenters. The Balaban J connectivity index is 2.09. The molecule has 0 fully saturated rings. The molecule has 4 nitrogen and oxygen atoms in total. The smallest absolute Gasteiger partial charge is 0.231 e. The molecule has 2 rings (SSSR count). The van der Waals surface area contributed by atoms with Gasteiger partial charge >= 0.3 is 0 Å². The molecule has 0 saturated carbocycles. The van der Waals surface area contributed by atoms with Crippen LogP contribution in [0.15, 0.2) is 18.2 Å². The molecule has 1 aliphatic heterocycles. The molecule has 0 saturated heterocycles. The lowest BCUT2D eigenvalue weighted by atomic mass is 9.95. The van der Waals surface area contributed by atoms with E-state index in [0.29, 0.717) is 23.8 Å². The van der Waals surface area contributed by atoms with E-state index in [1.165, 1.54) is 0 Å². The van der Waals surface area contributed by atoms with Crippen molar-refractivity contribution in [1.82, 2.24) is 0 Å². The molecular weight excluding hydrogens is 230 g/mol. The quantitative estimate of drug-likeness (QED) is 0.842. The van der Waals surface area contributed by atoms with Crippen molar-refractivity contribution in [3.63, 3.8) is 0 Å². The molecule has 100 valence electrons. The zero-order valence-electron chi connectivity index (χ0n) is 10.9. The molecule has 18 heavy (non-hydrogen) atoms. The summed E-state index contributed by atoms with van der Waals surface area (Å²) in [5.74, 6) is 1.94. The van der Waals surface area contributed by atoms with E-state index in [-0.39, 0.29) is 6.79 Å². The second-order valence-electron chi connectivity index (χ2n) is 5.15. The number of hydrogen-bond donors (Lipinski definition) is 2. The second kappa shape index (κ2) is 5.59. The van der Waals surface area contributed by atoms with Crippen LogP contribution >= 0.6 is 0 Å². The number of benzene rings is 1. The van der Waals surface area contributed by atoms with Crippen LogP contribution in [0.1, 0.15) is 38.3 Å². The van der Waals surface area contributed by atoms with Crippen molar-refractivity contribution in [3.05, 3.63) is 23.8 Å². The van der Waals surface area contributed by atoms with Gasteiger partial charge < -0.3 is 20.3 Å². The molecule has 1 heterocycles. The van der Waals surface area contributed by atoms with Gasteiger partial charge in [0.15, 0.2) is 11.5 Å². The van der Waals surface area contributed by atoms with Gasteiger partial charge in [-0.3, -0.25) is 0 Å². The minimum atomic E-state index is -0.553. The van der Waals surface area contributed by atoms with Crippen LogP contribution in [0.3, 0.4) is 0 Å². The van der Waals surface area contributed by atoms with Gasteiger partial charge in [-0.15, -0.1) is 0 Å². The van der Waals surface area contributed by atoms with Crippen LogP contribution < -0.4 is 15.2 Å². The van der Waals surface area contributed by atoms with Crippen LogP contribution in [-0.4, -0.2) is 18.0 Å². The van der Waals surface area contributed by atoms with Crippen molar-refractivity contribution >= 4 is 0 Å². The molecule has 0 spiro atoms. The Morgan fingerprint density at radius 1 is 1.28 bits per heavy atom. The van der Waals surface area contributed by atoms with E-state index in [1.807, 2.05) is 18.2 Å². The van der Waals surface area contributed by atoms with Crippen LogP contribution in [0.2, 0.25) is 0 Å². The van der Waals surface area contributed by atoms with Crippen molar-refractivity contribution in [3.8, 4) is 11.5 Å². The SMILES string of the molecule is CC(C)CC[C@H](O)[C@H](N)c1cccc2c1OCO2. The average molecular weight is 251 g/mol. The predicted molar refractivity (Wildman–Crippen MR) is 69.6 cm³/mol. The Morgan fingerprint density at radius 2 is 2.06 bits per heavy atom. The molecule has 1 aromatic rings. The maximum absolute atomic E-state index is 10.1. The summed E-state index contributed by atoms with van der Waals surface area (Å²) in [6.45, 7) is 4.49. The summed E-state index contributed by atoms with van der Waals surface area (Å²) in [4.78, 5) is 0. The van der Waals surface area contributed by atoms with Crippen molar-refractivity contribution in [2.75, 3.05) is 6.79 Å². The van der Waals surface area contributed by atoms with E-state index in [4.69, 9.17) is 15.2 Å². The fourth-order valence-electron chi connectivity index (χ4n) is 2.11. The lowest BCUT2D eigenvalue weighted by Crippen LogP contribution is -2.26. The van der Waals surface area contributed by atoms with Crippen molar-refractivity contribution in [2.24, 2.45) is 11.7 Å². The first kappa shape index (κ1) is 13.2. The van der Waals surface area contributed by atoms with Crippen LogP contribution in [0.5, 0.6) is 11.5 Å². The molecule has 0 unspecified atom stereocenters. The van der Waals surface area contributed by atoms with Crippen LogP contribution in [0, 0.1) is 5.92 Å². The zero-order valence-corrected chi connectivity index (χ0v) is 10.9. The fraction of sp³-hybridized carbons (Fsp3) is 0.571. The Labute approximate surface area is 108 Å². The van der Waals surface area contributed by atoms with Gasteiger partial charge in [-0.1, -0.05) is 26.0 Å². The van der Waals surface area contributed by atoms with Crippen LogP contribution in [0.4, 0.5) is 0 Å². The van der Waals surface area contributed by atoms with Crippen molar-refractivity contribution in [1.29, 1.82) is 0 Å². The standard InChI is InChI=1S/C14H21NO3/c1-9(2)6-7-11(16)13(15)10-4-3-5-12-14(10)18-8-17-12/h3-5,9,11,13,16H,6-8,15H2,1-2H3/t11-,13+/m0/s1. The Morgan fingerprint density at radius 3 is 2.78 bits per heavy atom. The molecule has 0 amide bonds. The first-order valence-electron chi connectivity index (χ1n) is 6.41. The van der Waals surface area contributed by atoms with Crippen molar-refractivity contribution < 1.29 is 14.6 Å². The highest BCUT2D eigenvalue weighted by molar-refractivity contribution is 5.49. The number of nitrogens with two attached hydrogens (primary N) is 1. The summed E-state index contributed by atoms with van der Waals surface area (Å²) in [6.07, 6.45) is 1.10. The van der Waals surface area contributed by atoms with Gasteiger partial charge in [0.1, 0.15) is 0 Å². The van der Waals surface area contributed by atoms with E-state index in [1.54, 1.807) is 0 Å². The predicted octanol–water partition coefficient (Wildman–Crippen LogP) is 2.21. The number of fused-ring (bicyclic) bond motifs is 1. The highest BCUT2D eigenvalue weighted by Gasteiger charge is 2.25. The Kier molecular flexibility index (Phi) is 4.09. The molecule has 4 heteroatoms. The normalized spacial score (nSPS) is 16.9. The monoisotopic (exact) mass is 251 g/mol. The topological polar surface area (TPSA) is 64.7 Å². The summed E-state index contributed by atoms with van der Waals surface area (Å²) in [6, 6.07) is 5.17. The third kappa shape index (κ3) is 2.76. The maximum Gasteiger partial charge on any atom is 0.231 e. The fourth-order valence-corrected chi connectivity index (χ4v) is 2.11. The van der Waals surface area contributed by atoms with E-state index < -0.39 is 12.1 Å². The summed E-state index contributed by atoms with van der Waals surface area (Å²) in [5, 5.41) is 10.1. The summed E-state index contributed by atoms with van der Waals surface area (Å²) >= 11 is 0. The lowest BCUT2D eigenvalue weighted by molar-refractivity contribution is 0.125. The Bertz CT molecular complexity index is 406. The number of aliphatic hydroxyl groups excluding tert-OH is 1. The highest BCUT2D eigenvalue weighted by Crippen LogP contribution is 2.39. The number of rotatable bonds is 5. The molecule has 1 aliphatic rings. The zero-order chi connectivity index (χ0) is 13.1. The maximum atomic E-state index is 10.1. The van der Waals surface area contributed by atoms with Crippen LogP contribution in [-0.2, 0) is 0 Å². The van der Waals surface area contributed by atoms with Gasteiger partial charge in [0.2, 0.25) is 6.79 Å². The minimum Gasteiger partial charge on any atom is -0.454 e. The highest BCUT2D eigenvalue weighted by atomic mass is 16.7. The second-order valence-corrected chi connectivity index (χ2v) is 5.15. The molecule has 1 aromatic carbocycles. The number of para-hydroxylation sites is 1. The van der Waals surface area contributed by atoms with Crippen molar-refractivity contribution in [2.45, 2.75) is 38.8 Å². The van der Waals surface area contributed by atoms with E-state index >= 15 is 0 Å². The van der Waals surface area contributed by atoms with Gasteiger partial charge in [-0.2, -0.15) is 0 Å². The number of hydrogen-bond acceptors (Lipinski definition) is 4. The summed E-state index contributed by atoms with van der Waals surface area (Å²) in [5.41, 5.74) is 6.93. The number of aliphatic hydroxyl groups is 1. The molecular formula is C14H21NO3. The van der Waals surface area contributed by atoms with Gasteiger partial charge in [0.25, 0.3) is 0 Å². The van der Waals surface area contributed by atoms with Crippen LogP contribution in [0.25, 0.3) is 0 Å². The Hall–Kier alpha value is -1.26. The van der Waals surface area contributed by atoms with Gasteiger partial charge in [-0.05, 0) is 24.8 Å². The largest absolute Gasteiger partial charge is 0.454 e. The van der Waals surface area contributed by atoms with Gasteiger partial charge in [0, 0.05) is 5.56 Å².